The van der Waals surface area contributed by atoms with Gasteiger partial charge in [0.1, 0.15) is 0 Å². The smallest absolute Gasteiger partial charge is 0.0405 e. The molecule has 0 saturated carbocycles. The number of benzene rings is 1. The first-order chi connectivity index (χ1) is 8.61. The summed E-state index contributed by atoms with van der Waals surface area (Å²) in [7, 11) is 0. The van der Waals surface area contributed by atoms with E-state index in [1.165, 1.54) is 15.4 Å². The van der Waals surface area contributed by atoms with E-state index >= 15 is 0 Å². The van der Waals surface area contributed by atoms with Crippen molar-refractivity contribution >= 4 is 23.4 Å². The standard InChI is InChI=1S/C16H19ClS/c1-4-13(2)12-15(17)11-10-14(3)18-16-8-6-5-7-9-16/h5-12H,4H2,1-3H3/b13-12+,14-10+,15-11+. The third-order valence-electron chi connectivity index (χ3n) is 2.44. The molecule has 0 aliphatic carbocycles. The van der Waals surface area contributed by atoms with Gasteiger partial charge in [0.25, 0.3) is 0 Å². The third kappa shape index (κ3) is 6.13. The van der Waals surface area contributed by atoms with Gasteiger partial charge in [0.2, 0.25) is 0 Å². The second-order valence-electron chi connectivity index (χ2n) is 4.09. The Kier molecular flexibility index (Phi) is 6.92. The lowest BCUT2D eigenvalue weighted by atomic mass is 10.2. The average Bonchev–Trinajstić information content (AvgIpc) is 2.37. The first-order valence-corrected chi connectivity index (χ1v) is 7.25. The SMILES string of the molecule is CC/C(C)=C/C(Cl)=C\C=C(/C)Sc1ccccc1. The second kappa shape index (κ2) is 8.23. The van der Waals surface area contributed by atoms with Crippen molar-refractivity contribution in [1.29, 1.82) is 0 Å². The summed E-state index contributed by atoms with van der Waals surface area (Å²) >= 11 is 7.88. The molecule has 0 heterocycles. The van der Waals surface area contributed by atoms with Gasteiger partial charge < -0.3 is 0 Å². The van der Waals surface area contributed by atoms with Crippen LogP contribution in [0, 0.1) is 0 Å². The molecule has 0 radical (unpaired) electrons. The van der Waals surface area contributed by atoms with Crippen LogP contribution in [0.5, 0.6) is 0 Å². The molecule has 0 saturated heterocycles. The van der Waals surface area contributed by atoms with E-state index in [1.807, 2.05) is 30.4 Å². The van der Waals surface area contributed by atoms with Crippen LogP contribution in [0.3, 0.4) is 0 Å². The van der Waals surface area contributed by atoms with Crippen LogP contribution in [0.1, 0.15) is 27.2 Å². The van der Waals surface area contributed by atoms with Crippen molar-refractivity contribution < 1.29 is 0 Å². The molecule has 2 heteroatoms. The third-order valence-corrected chi connectivity index (χ3v) is 3.64. The summed E-state index contributed by atoms with van der Waals surface area (Å²) in [6.07, 6.45) is 7.05. The maximum Gasteiger partial charge on any atom is 0.0405 e. The van der Waals surface area contributed by atoms with E-state index in [9.17, 15) is 0 Å². The lowest BCUT2D eigenvalue weighted by molar-refractivity contribution is 1.10. The Morgan fingerprint density at radius 1 is 1.17 bits per heavy atom. The highest BCUT2D eigenvalue weighted by atomic mass is 35.5. The van der Waals surface area contributed by atoms with Crippen molar-refractivity contribution in [2.45, 2.75) is 32.1 Å². The molecule has 0 aliphatic heterocycles. The Labute approximate surface area is 119 Å². The molecule has 1 aromatic carbocycles. The molecule has 0 bridgehead atoms. The van der Waals surface area contributed by atoms with Gasteiger partial charge in [-0.05, 0) is 49.5 Å². The number of hydrogen-bond donors (Lipinski definition) is 0. The lowest BCUT2D eigenvalue weighted by Gasteiger charge is -2.00. The summed E-state index contributed by atoms with van der Waals surface area (Å²) in [6.45, 7) is 6.31. The van der Waals surface area contributed by atoms with E-state index in [1.54, 1.807) is 11.8 Å². The zero-order chi connectivity index (χ0) is 13.4. The molecule has 0 atom stereocenters. The van der Waals surface area contributed by atoms with Crippen molar-refractivity contribution in [2.24, 2.45) is 0 Å². The van der Waals surface area contributed by atoms with Crippen LogP contribution in [0.15, 0.2) is 69.0 Å². The zero-order valence-corrected chi connectivity index (χ0v) is 12.7. The summed E-state index contributed by atoms with van der Waals surface area (Å²) in [4.78, 5) is 2.47. The topological polar surface area (TPSA) is 0 Å². The minimum atomic E-state index is 0.780. The minimum Gasteiger partial charge on any atom is -0.0949 e. The fraction of sp³-hybridized carbons (Fsp3) is 0.250. The summed E-state index contributed by atoms with van der Waals surface area (Å²) in [5.41, 5.74) is 1.29. The van der Waals surface area contributed by atoms with Gasteiger partial charge in [-0.2, -0.15) is 0 Å². The minimum absolute atomic E-state index is 0.780. The molecular weight excluding hydrogens is 260 g/mol. The predicted octanol–water partition coefficient (Wildman–Crippen LogP) is 6.16. The van der Waals surface area contributed by atoms with Crippen LogP contribution in [0.25, 0.3) is 0 Å². The molecule has 0 spiro atoms. The first kappa shape index (κ1) is 15.1. The average molecular weight is 279 g/mol. The molecule has 18 heavy (non-hydrogen) atoms. The van der Waals surface area contributed by atoms with Crippen molar-refractivity contribution in [1.82, 2.24) is 0 Å². The van der Waals surface area contributed by atoms with Crippen LogP contribution >= 0.6 is 23.4 Å². The quantitative estimate of drug-likeness (QED) is 0.459. The number of halogens is 1. The van der Waals surface area contributed by atoms with Crippen molar-refractivity contribution in [2.75, 3.05) is 0 Å². The highest BCUT2D eigenvalue weighted by Crippen LogP contribution is 2.25. The Morgan fingerprint density at radius 3 is 2.44 bits per heavy atom. The van der Waals surface area contributed by atoms with Crippen LogP contribution in [0.2, 0.25) is 0 Å². The van der Waals surface area contributed by atoms with Gasteiger partial charge in [-0.15, -0.1) is 0 Å². The van der Waals surface area contributed by atoms with E-state index in [2.05, 4.69) is 39.0 Å². The van der Waals surface area contributed by atoms with E-state index in [0.29, 0.717) is 0 Å². The van der Waals surface area contributed by atoms with E-state index < -0.39 is 0 Å². The van der Waals surface area contributed by atoms with Gasteiger partial charge in [0, 0.05) is 9.93 Å². The zero-order valence-electron chi connectivity index (χ0n) is 11.1. The van der Waals surface area contributed by atoms with Gasteiger partial charge >= 0.3 is 0 Å². The van der Waals surface area contributed by atoms with Gasteiger partial charge in [-0.3, -0.25) is 0 Å². The predicted molar refractivity (Wildman–Crippen MR) is 84.0 cm³/mol. The van der Waals surface area contributed by atoms with Crippen LogP contribution < -0.4 is 0 Å². The van der Waals surface area contributed by atoms with Crippen LogP contribution in [0.4, 0.5) is 0 Å². The molecule has 0 aromatic heterocycles. The number of hydrogen-bond acceptors (Lipinski definition) is 1. The van der Waals surface area contributed by atoms with E-state index in [-0.39, 0.29) is 0 Å². The largest absolute Gasteiger partial charge is 0.0949 e. The highest BCUT2D eigenvalue weighted by molar-refractivity contribution is 8.03. The van der Waals surface area contributed by atoms with Gasteiger partial charge in [0.15, 0.2) is 0 Å². The van der Waals surface area contributed by atoms with Crippen molar-refractivity contribution in [3.63, 3.8) is 0 Å². The van der Waals surface area contributed by atoms with Gasteiger partial charge in [0.05, 0.1) is 0 Å². The fourth-order valence-electron chi connectivity index (χ4n) is 1.29. The van der Waals surface area contributed by atoms with Gasteiger partial charge in [-0.25, -0.2) is 0 Å². The first-order valence-electron chi connectivity index (χ1n) is 6.06. The number of thioether (sulfide) groups is 1. The molecule has 0 nitrogen and oxygen atoms in total. The monoisotopic (exact) mass is 278 g/mol. The molecule has 1 aromatic rings. The molecule has 96 valence electrons. The van der Waals surface area contributed by atoms with E-state index in [4.69, 9.17) is 11.6 Å². The van der Waals surface area contributed by atoms with Crippen LogP contribution in [-0.4, -0.2) is 0 Å². The molecule has 0 N–H and O–H groups in total. The Morgan fingerprint density at radius 2 is 1.83 bits per heavy atom. The molecule has 0 amide bonds. The summed E-state index contributed by atoms with van der Waals surface area (Å²) < 4.78 is 0. The normalized spacial score (nSPS) is 13.9. The summed E-state index contributed by atoms with van der Waals surface area (Å²) in [6, 6.07) is 10.3. The molecule has 0 unspecified atom stereocenters. The van der Waals surface area contributed by atoms with Crippen LogP contribution in [-0.2, 0) is 0 Å². The van der Waals surface area contributed by atoms with Gasteiger partial charge in [-0.1, -0.05) is 60.1 Å². The number of rotatable bonds is 5. The summed E-state index contributed by atoms with van der Waals surface area (Å²) in [5.74, 6) is 0. The number of allylic oxidation sites excluding steroid dienone is 6. The Hall–Kier alpha value is -0.920. The maximum atomic E-state index is 6.13. The second-order valence-corrected chi connectivity index (χ2v) is 5.84. The highest BCUT2D eigenvalue weighted by Gasteiger charge is 1.93. The van der Waals surface area contributed by atoms with E-state index in [0.717, 1.165) is 11.5 Å². The maximum absolute atomic E-state index is 6.13. The summed E-state index contributed by atoms with van der Waals surface area (Å²) in [5, 5.41) is 0.780. The molecule has 1 rings (SSSR count). The van der Waals surface area contributed by atoms with Crippen molar-refractivity contribution in [3.8, 4) is 0 Å². The Bertz CT molecular complexity index is 455. The Balaban J connectivity index is 2.64. The lowest BCUT2D eigenvalue weighted by Crippen LogP contribution is -1.73. The van der Waals surface area contributed by atoms with Crippen molar-refractivity contribution in [3.05, 3.63) is 64.1 Å². The fourth-order valence-corrected chi connectivity index (χ4v) is 2.34. The molecular formula is C16H19ClS. The molecule has 0 aliphatic rings. The molecule has 0 fully saturated rings.